The number of hydrogen-bond donors (Lipinski definition) is 2. The van der Waals surface area contributed by atoms with Crippen molar-refractivity contribution >= 4 is 39.9 Å². The SMILES string of the molecule is COc1ccc(Cl)cc1NC(=O)Nc1ccc(-n2c(C)nc3ccccc3c2=O)cc1. The number of carbonyl (C=O) groups is 1. The molecule has 8 heteroatoms. The van der Waals surface area contributed by atoms with Gasteiger partial charge in [-0.15, -0.1) is 0 Å². The zero-order chi connectivity index (χ0) is 22.0. The Labute approximate surface area is 183 Å². The number of methoxy groups -OCH3 is 1. The predicted octanol–water partition coefficient (Wildman–Crippen LogP) is 5.00. The quantitative estimate of drug-likeness (QED) is 0.473. The Morgan fingerprint density at radius 3 is 2.52 bits per heavy atom. The van der Waals surface area contributed by atoms with Crippen LogP contribution in [0.5, 0.6) is 5.75 Å². The van der Waals surface area contributed by atoms with Gasteiger partial charge in [0.1, 0.15) is 11.6 Å². The minimum absolute atomic E-state index is 0.144. The first kappa shape index (κ1) is 20.4. The van der Waals surface area contributed by atoms with Gasteiger partial charge in [-0.1, -0.05) is 23.7 Å². The van der Waals surface area contributed by atoms with Gasteiger partial charge in [-0.3, -0.25) is 9.36 Å². The van der Waals surface area contributed by atoms with Crippen LogP contribution in [0.3, 0.4) is 0 Å². The lowest BCUT2D eigenvalue weighted by Gasteiger charge is -2.13. The van der Waals surface area contributed by atoms with Gasteiger partial charge in [0.25, 0.3) is 5.56 Å². The summed E-state index contributed by atoms with van der Waals surface area (Å²) in [5, 5.41) is 6.48. The maximum atomic E-state index is 12.9. The summed E-state index contributed by atoms with van der Waals surface area (Å²) in [4.78, 5) is 29.8. The Bertz CT molecular complexity index is 1330. The van der Waals surface area contributed by atoms with Gasteiger partial charge in [0.15, 0.2) is 0 Å². The molecule has 0 fully saturated rings. The Kier molecular flexibility index (Phi) is 5.60. The van der Waals surface area contributed by atoms with Crippen LogP contribution < -0.4 is 20.9 Å². The molecule has 0 saturated carbocycles. The maximum absolute atomic E-state index is 12.9. The van der Waals surface area contributed by atoms with Gasteiger partial charge in [-0.2, -0.15) is 0 Å². The van der Waals surface area contributed by atoms with E-state index < -0.39 is 6.03 Å². The maximum Gasteiger partial charge on any atom is 0.323 e. The van der Waals surface area contributed by atoms with Crippen LogP contribution >= 0.6 is 11.6 Å². The summed E-state index contributed by atoms with van der Waals surface area (Å²) in [5.74, 6) is 1.07. The van der Waals surface area contributed by atoms with Crippen molar-refractivity contribution in [2.75, 3.05) is 17.7 Å². The monoisotopic (exact) mass is 434 g/mol. The Morgan fingerprint density at radius 1 is 1.03 bits per heavy atom. The minimum Gasteiger partial charge on any atom is -0.495 e. The van der Waals surface area contributed by atoms with Crippen LogP contribution in [-0.2, 0) is 0 Å². The van der Waals surface area contributed by atoms with E-state index in [1.54, 1.807) is 60.0 Å². The van der Waals surface area contributed by atoms with Gasteiger partial charge in [-0.05, 0) is 61.5 Å². The van der Waals surface area contributed by atoms with Crippen molar-refractivity contribution in [2.24, 2.45) is 0 Å². The highest BCUT2D eigenvalue weighted by Gasteiger charge is 2.11. The molecule has 4 rings (SSSR count). The minimum atomic E-state index is -0.450. The van der Waals surface area contributed by atoms with Gasteiger partial charge in [0.2, 0.25) is 0 Å². The second kappa shape index (κ2) is 8.49. The van der Waals surface area contributed by atoms with Crippen LogP contribution in [0, 0.1) is 6.92 Å². The van der Waals surface area contributed by atoms with Crippen molar-refractivity contribution in [3.63, 3.8) is 0 Å². The normalized spacial score (nSPS) is 10.7. The van der Waals surface area contributed by atoms with E-state index in [1.165, 1.54) is 7.11 Å². The van der Waals surface area contributed by atoms with Crippen LogP contribution in [-0.4, -0.2) is 22.7 Å². The molecule has 4 aromatic rings. The first-order valence-corrected chi connectivity index (χ1v) is 9.84. The van der Waals surface area contributed by atoms with E-state index in [0.717, 1.165) is 0 Å². The van der Waals surface area contributed by atoms with Gasteiger partial charge in [-0.25, -0.2) is 9.78 Å². The zero-order valence-electron chi connectivity index (χ0n) is 16.8. The number of ether oxygens (including phenoxy) is 1. The number of halogens is 1. The van der Waals surface area contributed by atoms with E-state index in [4.69, 9.17) is 16.3 Å². The van der Waals surface area contributed by atoms with Crippen molar-refractivity contribution < 1.29 is 9.53 Å². The largest absolute Gasteiger partial charge is 0.495 e. The first-order chi connectivity index (χ1) is 15.0. The fourth-order valence-corrected chi connectivity index (χ4v) is 3.48. The van der Waals surface area contributed by atoms with E-state index in [-0.39, 0.29) is 5.56 Å². The highest BCUT2D eigenvalue weighted by atomic mass is 35.5. The number of carbonyl (C=O) groups excluding carboxylic acids is 1. The molecular weight excluding hydrogens is 416 g/mol. The van der Waals surface area contributed by atoms with Crippen molar-refractivity contribution in [1.29, 1.82) is 0 Å². The molecular formula is C23H19ClN4O3. The van der Waals surface area contributed by atoms with E-state index in [0.29, 0.717) is 44.6 Å². The van der Waals surface area contributed by atoms with Crippen molar-refractivity contribution in [3.8, 4) is 11.4 Å². The number of anilines is 2. The molecule has 31 heavy (non-hydrogen) atoms. The Hall–Kier alpha value is -3.84. The van der Waals surface area contributed by atoms with Gasteiger partial charge in [0.05, 0.1) is 29.4 Å². The molecule has 0 aliphatic carbocycles. The summed E-state index contributed by atoms with van der Waals surface area (Å²) in [5.41, 5.74) is 2.18. The summed E-state index contributed by atoms with van der Waals surface area (Å²) in [6.07, 6.45) is 0. The number of aryl methyl sites for hydroxylation is 1. The molecule has 0 radical (unpaired) electrons. The Morgan fingerprint density at radius 2 is 1.77 bits per heavy atom. The number of aromatic nitrogens is 2. The number of benzene rings is 3. The molecule has 3 aromatic carbocycles. The molecule has 7 nitrogen and oxygen atoms in total. The third-order valence-electron chi connectivity index (χ3n) is 4.74. The van der Waals surface area contributed by atoms with Crippen LogP contribution in [0.2, 0.25) is 5.02 Å². The average molecular weight is 435 g/mol. The number of hydrogen-bond acceptors (Lipinski definition) is 4. The molecule has 1 aromatic heterocycles. The lowest BCUT2D eigenvalue weighted by molar-refractivity contribution is 0.262. The number of urea groups is 1. The summed E-state index contributed by atoms with van der Waals surface area (Å²) in [7, 11) is 1.51. The van der Waals surface area contributed by atoms with Crippen LogP contribution in [0.15, 0.2) is 71.5 Å². The lowest BCUT2D eigenvalue weighted by atomic mass is 10.2. The fraction of sp³-hybridized carbons (Fsp3) is 0.0870. The number of nitrogens with one attached hydrogen (secondary N) is 2. The molecule has 1 heterocycles. The summed E-state index contributed by atoms with van der Waals surface area (Å²) in [6.45, 7) is 1.78. The van der Waals surface area contributed by atoms with Crippen molar-refractivity contribution in [3.05, 3.63) is 87.9 Å². The fourth-order valence-electron chi connectivity index (χ4n) is 3.30. The number of rotatable bonds is 4. The molecule has 2 N–H and O–H groups in total. The second-order valence-corrected chi connectivity index (χ2v) is 7.22. The highest BCUT2D eigenvalue weighted by Crippen LogP contribution is 2.27. The molecule has 0 atom stereocenters. The van der Waals surface area contributed by atoms with Crippen LogP contribution in [0.25, 0.3) is 16.6 Å². The van der Waals surface area contributed by atoms with Gasteiger partial charge < -0.3 is 15.4 Å². The second-order valence-electron chi connectivity index (χ2n) is 6.79. The van der Waals surface area contributed by atoms with E-state index in [1.807, 2.05) is 18.2 Å². The third kappa shape index (κ3) is 4.22. The number of fused-ring (bicyclic) bond motifs is 1. The standard InChI is InChI=1S/C23H19ClN4O3/c1-14-25-19-6-4-3-5-18(19)22(29)28(14)17-10-8-16(9-11-17)26-23(30)27-20-13-15(24)7-12-21(20)31-2/h3-13H,1-2H3,(H2,26,27,30). The van der Waals surface area contributed by atoms with E-state index >= 15 is 0 Å². The molecule has 156 valence electrons. The molecule has 0 saturated heterocycles. The smallest absolute Gasteiger partial charge is 0.323 e. The predicted molar refractivity (Wildman–Crippen MR) is 123 cm³/mol. The molecule has 0 aliphatic rings. The summed E-state index contributed by atoms with van der Waals surface area (Å²) in [6, 6.07) is 18.7. The van der Waals surface area contributed by atoms with Crippen LogP contribution in [0.4, 0.5) is 16.2 Å². The Balaban J connectivity index is 1.56. The van der Waals surface area contributed by atoms with E-state index in [2.05, 4.69) is 15.6 Å². The zero-order valence-corrected chi connectivity index (χ0v) is 17.6. The average Bonchev–Trinajstić information content (AvgIpc) is 2.75. The third-order valence-corrected chi connectivity index (χ3v) is 4.97. The first-order valence-electron chi connectivity index (χ1n) is 9.46. The topological polar surface area (TPSA) is 85.2 Å². The molecule has 2 amide bonds. The number of nitrogens with zero attached hydrogens (tertiary/aromatic N) is 2. The number of para-hydroxylation sites is 1. The summed E-state index contributed by atoms with van der Waals surface area (Å²) < 4.78 is 6.77. The summed E-state index contributed by atoms with van der Waals surface area (Å²) >= 11 is 5.99. The molecule has 0 bridgehead atoms. The molecule has 0 spiro atoms. The van der Waals surface area contributed by atoms with E-state index in [9.17, 15) is 9.59 Å². The van der Waals surface area contributed by atoms with Crippen molar-refractivity contribution in [1.82, 2.24) is 9.55 Å². The molecule has 0 aliphatic heterocycles. The highest BCUT2D eigenvalue weighted by molar-refractivity contribution is 6.31. The van der Waals surface area contributed by atoms with Gasteiger partial charge >= 0.3 is 6.03 Å². The number of amides is 2. The van der Waals surface area contributed by atoms with Gasteiger partial charge in [0, 0.05) is 10.7 Å². The van der Waals surface area contributed by atoms with Crippen LogP contribution in [0.1, 0.15) is 5.82 Å². The van der Waals surface area contributed by atoms with Crippen molar-refractivity contribution in [2.45, 2.75) is 6.92 Å². The lowest BCUT2D eigenvalue weighted by Crippen LogP contribution is -2.22. The molecule has 0 unspecified atom stereocenters.